The molecule has 6 heteroatoms. The van der Waals surface area contributed by atoms with Gasteiger partial charge in [0.25, 0.3) is 0 Å². The van der Waals surface area contributed by atoms with Crippen LogP contribution in [0.2, 0.25) is 0 Å². The number of alkyl halides is 3. The average molecular weight is 367 g/mol. The number of carbonyl (C=O) groups is 1. The van der Waals surface area contributed by atoms with Crippen LogP contribution in [0.1, 0.15) is 43.7 Å². The van der Waals surface area contributed by atoms with Gasteiger partial charge in [0.1, 0.15) is 0 Å². The first-order chi connectivity index (χ1) is 12.1. The summed E-state index contributed by atoms with van der Waals surface area (Å²) < 4.78 is 38.4. The Kier molecular flexibility index (Phi) is 3.92. The summed E-state index contributed by atoms with van der Waals surface area (Å²) in [5.74, 6) is 0.520. The van der Waals surface area contributed by atoms with Gasteiger partial charge in [0, 0.05) is 24.4 Å². The van der Waals surface area contributed by atoms with Crippen LogP contribution in [-0.2, 0) is 17.4 Å². The fourth-order valence-corrected chi connectivity index (χ4v) is 5.13. The Labute approximate surface area is 151 Å². The van der Waals surface area contributed by atoms with Gasteiger partial charge in [-0.3, -0.25) is 4.79 Å². The Bertz CT molecular complexity index is 706. The van der Waals surface area contributed by atoms with Gasteiger partial charge in [-0.1, -0.05) is 18.2 Å². The van der Waals surface area contributed by atoms with Crippen molar-refractivity contribution < 1.29 is 23.1 Å². The SMILES string of the molecule is C[C@]1(O)C[C@@H](C(=O)N2CC3(CC(Cc4cccc(C(F)(F)F)c4)C3)C2)C1. The number of hydrogen-bond donors (Lipinski definition) is 1. The minimum absolute atomic E-state index is 0.0386. The first kappa shape index (κ1) is 17.8. The van der Waals surface area contributed by atoms with Crippen LogP contribution >= 0.6 is 0 Å². The number of carbonyl (C=O) groups excluding carboxylic acids is 1. The molecule has 26 heavy (non-hydrogen) atoms. The summed E-state index contributed by atoms with van der Waals surface area (Å²) >= 11 is 0. The number of rotatable bonds is 3. The lowest BCUT2D eigenvalue weighted by Gasteiger charge is -2.60. The number of likely N-dealkylation sites (tertiary alicyclic amines) is 1. The Hall–Kier alpha value is -1.56. The minimum atomic E-state index is -4.29. The summed E-state index contributed by atoms with van der Waals surface area (Å²) in [6, 6.07) is 5.60. The quantitative estimate of drug-likeness (QED) is 0.886. The highest BCUT2D eigenvalue weighted by Gasteiger charge is 2.55. The number of hydrogen-bond acceptors (Lipinski definition) is 2. The first-order valence-corrected chi connectivity index (χ1v) is 9.23. The zero-order valence-corrected chi connectivity index (χ0v) is 14.9. The Morgan fingerprint density at radius 1 is 1.23 bits per heavy atom. The van der Waals surface area contributed by atoms with Gasteiger partial charge >= 0.3 is 6.18 Å². The van der Waals surface area contributed by atoms with Gasteiger partial charge in [-0.05, 0) is 56.6 Å². The van der Waals surface area contributed by atoms with Crippen molar-refractivity contribution in [1.82, 2.24) is 4.90 Å². The highest BCUT2D eigenvalue weighted by Crippen LogP contribution is 2.54. The molecule has 3 aliphatic rings. The highest BCUT2D eigenvalue weighted by atomic mass is 19.4. The van der Waals surface area contributed by atoms with E-state index in [-0.39, 0.29) is 17.2 Å². The number of benzene rings is 1. The number of aliphatic hydroxyl groups is 1. The van der Waals surface area contributed by atoms with E-state index in [1.54, 1.807) is 13.0 Å². The summed E-state index contributed by atoms with van der Waals surface area (Å²) in [7, 11) is 0. The number of amides is 1. The molecule has 0 radical (unpaired) electrons. The molecule has 0 aromatic heterocycles. The molecule has 1 aromatic rings. The van der Waals surface area contributed by atoms with E-state index in [1.165, 1.54) is 12.1 Å². The second kappa shape index (κ2) is 5.72. The van der Waals surface area contributed by atoms with E-state index in [2.05, 4.69) is 0 Å². The van der Waals surface area contributed by atoms with E-state index in [0.717, 1.165) is 37.6 Å². The topological polar surface area (TPSA) is 40.5 Å². The Morgan fingerprint density at radius 3 is 2.46 bits per heavy atom. The molecule has 3 fully saturated rings. The van der Waals surface area contributed by atoms with Crippen molar-refractivity contribution in [3.63, 3.8) is 0 Å². The van der Waals surface area contributed by atoms with Crippen molar-refractivity contribution in [1.29, 1.82) is 0 Å². The highest BCUT2D eigenvalue weighted by molar-refractivity contribution is 5.81. The average Bonchev–Trinajstić information content (AvgIpc) is 2.44. The molecule has 2 aliphatic carbocycles. The van der Waals surface area contributed by atoms with Gasteiger partial charge in [-0.2, -0.15) is 13.2 Å². The van der Waals surface area contributed by atoms with Gasteiger partial charge in [0.15, 0.2) is 0 Å². The minimum Gasteiger partial charge on any atom is -0.390 e. The molecule has 0 bridgehead atoms. The zero-order chi connectivity index (χ0) is 18.7. The zero-order valence-electron chi connectivity index (χ0n) is 14.9. The summed E-state index contributed by atoms with van der Waals surface area (Å²) in [4.78, 5) is 14.2. The first-order valence-electron chi connectivity index (χ1n) is 9.23. The molecule has 0 atom stereocenters. The lowest BCUT2D eigenvalue weighted by molar-refractivity contribution is -0.171. The van der Waals surface area contributed by atoms with Crippen molar-refractivity contribution >= 4 is 5.91 Å². The van der Waals surface area contributed by atoms with E-state index in [1.807, 2.05) is 4.90 Å². The van der Waals surface area contributed by atoms with Crippen molar-refractivity contribution in [2.75, 3.05) is 13.1 Å². The molecular weight excluding hydrogens is 343 g/mol. The molecule has 1 spiro atoms. The van der Waals surface area contributed by atoms with Gasteiger partial charge in [-0.25, -0.2) is 0 Å². The van der Waals surface area contributed by atoms with E-state index in [0.29, 0.717) is 25.2 Å². The summed E-state index contributed by atoms with van der Waals surface area (Å²) in [5, 5.41) is 9.77. The molecular formula is C20H24F3NO2. The van der Waals surface area contributed by atoms with Crippen LogP contribution in [0, 0.1) is 17.3 Å². The summed E-state index contributed by atoms with van der Waals surface area (Å²) in [5.41, 5.74) is -0.339. The summed E-state index contributed by atoms with van der Waals surface area (Å²) in [6.07, 6.45) is -0.561. The van der Waals surface area contributed by atoms with Crippen LogP contribution in [0.4, 0.5) is 13.2 Å². The van der Waals surface area contributed by atoms with Crippen molar-refractivity contribution in [2.24, 2.45) is 17.3 Å². The van der Waals surface area contributed by atoms with E-state index in [4.69, 9.17) is 0 Å². The molecule has 2 saturated carbocycles. The normalized spacial score (nSPS) is 30.5. The fraction of sp³-hybridized carbons (Fsp3) is 0.650. The molecule has 1 aliphatic heterocycles. The largest absolute Gasteiger partial charge is 0.416 e. The third-order valence-electron chi connectivity index (χ3n) is 6.31. The van der Waals surface area contributed by atoms with E-state index >= 15 is 0 Å². The fourth-order valence-electron chi connectivity index (χ4n) is 5.13. The predicted octanol–water partition coefficient (Wildman–Crippen LogP) is 3.65. The molecule has 1 N–H and O–H groups in total. The third kappa shape index (κ3) is 3.24. The summed E-state index contributed by atoms with van der Waals surface area (Å²) in [6.45, 7) is 3.30. The van der Waals surface area contributed by atoms with E-state index in [9.17, 15) is 23.1 Å². The van der Waals surface area contributed by atoms with E-state index < -0.39 is 17.3 Å². The van der Waals surface area contributed by atoms with Gasteiger partial charge in [0.2, 0.25) is 5.91 Å². The molecule has 4 rings (SSSR count). The number of nitrogens with zero attached hydrogens (tertiary/aromatic N) is 1. The smallest absolute Gasteiger partial charge is 0.390 e. The van der Waals surface area contributed by atoms with Crippen LogP contribution in [0.3, 0.4) is 0 Å². The second-order valence-corrected chi connectivity index (χ2v) is 8.97. The Morgan fingerprint density at radius 2 is 1.88 bits per heavy atom. The molecule has 1 saturated heterocycles. The monoisotopic (exact) mass is 367 g/mol. The third-order valence-corrected chi connectivity index (χ3v) is 6.31. The van der Waals surface area contributed by atoms with Crippen LogP contribution in [0.25, 0.3) is 0 Å². The van der Waals surface area contributed by atoms with Gasteiger partial charge in [-0.15, -0.1) is 0 Å². The Balaban J connectivity index is 1.25. The lowest BCUT2D eigenvalue weighted by atomic mass is 9.56. The molecule has 1 heterocycles. The second-order valence-electron chi connectivity index (χ2n) is 8.97. The van der Waals surface area contributed by atoms with Crippen LogP contribution < -0.4 is 0 Å². The number of halogens is 3. The lowest BCUT2D eigenvalue weighted by Crippen LogP contribution is -2.66. The standard InChI is InChI=1S/C20H24F3NO2/c1-18(26)9-15(10-18)17(25)24-11-19(12-24)7-14(8-19)5-13-3-2-4-16(6-13)20(21,22)23/h2-4,6,14-15,26H,5,7-12H2,1H3/t15-,18+. The van der Waals surface area contributed by atoms with Crippen molar-refractivity contribution in [3.8, 4) is 0 Å². The van der Waals surface area contributed by atoms with Crippen molar-refractivity contribution in [2.45, 2.75) is 50.8 Å². The van der Waals surface area contributed by atoms with Gasteiger partial charge in [0.05, 0.1) is 11.2 Å². The van der Waals surface area contributed by atoms with Crippen LogP contribution in [0.15, 0.2) is 24.3 Å². The van der Waals surface area contributed by atoms with Gasteiger partial charge < -0.3 is 10.0 Å². The molecule has 142 valence electrons. The predicted molar refractivity (Wildman–Crippen MR) is 90.2 cm³/mol. The van der Waals surface area contributed by atoms with Crippen molar-refractivity contribution in [3.05, 3.63) is 35.4 Å². The van der Waals surface area contributed by atoms with Crippen LogP contribution in [0.5, 0.6) is 0 Å². The molecule has 3 nitrogen and oxygen atoms in total. The van der Waals surface area contributed by atoms with Crippen LogP contribution in [-0.4, -0.2) is 34.6 Å². The molecule has 1 aromatic carbocycles. The molecule has 1 amide bonds. The maximum atomic E-state index is 12.8. The maximum Gasteiger partial charge on any atom is 0.416 e. The maximum absolute atomic E-state index is 12.8. The molecule has 0 unspecified atom stereocenters.